The van der Waals surface area contributed by atoms with E-state index >= 15 is 0 Å². The van der Waals surface area contributed by atoms with Crippen molar-refractivity contribution in [3.05, 3.63) is 51.6 Å². The lowest BCUT2D eigenvalue weighted by molar-refractivity contribution is 0.0955. The van der Waals surface area contributed by atoms with E-state index in [-0.39, 0.29) is 5.91 Å². The van der Waals surface area contributed by atoms with E-state index in [1.807, 2.05) is 18.2 Å². The summed E-state index contributed by atoms with van der Waals surface area (Å²) in [5.41, 5.74) is 0.591. The minimum Gasteiger partial charge on any atom is -0.493 e. The first kappa shape index (κ1) is 17.9. The van der Waals surface area contributed by atoms with E-state index in [2.05, 4.69) is 40.0 Å². The molecule has 0 atom stereocenters. The first-order valence-corrected chi connectivity index (χ1v) is 9.09. The van der Waals surface area contributed by atoms with Crippen LogP contribution in [0, 0.1) is 3.57 Å². The first-order chi connectivity index (χ1) is 11.2. The number of carbonyl (C=O) groups excluding carboxylic acids is 1. The number of rotatable bonds is 7. The average molecular weight is 443 g/mol. The highest BCUT2D eigenvalue weighted by Gasteiger charge is 2.15. The van der Waals surface area contributed by atoms with Crippen LogP contribution in [0.3, 0.4) is 0 Å². The topological polar surface area (TPSA) is 47.6 Å². The van der Waals surface area contributed by atoms with Crippen LogP contribution in [0.2, 0.25) is 0 Å². The summed E-state index contributed by atoms with van der Waals surface area (Å²) in [7, 11) is 3.14. The molecule has 1 N–H and O–H groups in total. The first-order valence-electron chi connectivity index (χ1n) is 7.03. The maximum absolute atomic E-state index is 12.3. The van der Waals surface area contributed by atoms with Crippen LogP contribution in [0.5, 0.6) is 11.5 Å². The lowest BCUT2D eigenvalue weighted by Crippen LogP contribution is -2.26. The van der Waals surface area contributed by atoms with Crippen molar-refractivity contribution in [2.24, 2.45) is 0 Å². The standard InChI is InChI=1S/C17H18INO3S/c1-21-15-10-13(14(18)11-16(15)22-2)17(20)19-8-9-23-12-6-4-3-5-7-12/h3-7,10-11H,8-9H2,1-2H3,(H,19,20). The van der Waals surface area contributed by atoms with Crippen LogP contribution in [-0.4, -0.2) is 32.4 Å². The molecule has 23 heavy (non-hydrogen) atoms. The van der Waals surface area contributed by atoms with E-state index in [0.29, 0.717) is 23.6 Å². The number of amides is 1. The lowest BCUT2D eigenvalue weighted by atomic mass is 10.2. The second-order valence-electron chi connectivity index (χ2n) is 4.60. The summed E-state index contributed by atoms with van der Waals surface area (Å²) in [6, 6.07) is 13.6. The molecule has 2 rings (SSSR count). The van der Waals surface area contributed by atoms with Gasteiger partial charge in [-0.2, -0.15) is 0 Å². The van der Waals surface area contributed by atoms with Crippen molar-refractivity contribution in [1.29, 1.82) is 0 Å². The van der Waals surface area contributed by atoms with Crippen LogP contribution in [0.4, 0.5) is 0 Å². The molecule has 0 aliphatic rings. The maximum Gasteiger partial charge on any atom is 0.252 e. The second kappa shape index (κ2) is 9.02. The summed E-state index contributed by atoms with van der Waals surface area (Å²) in [5.74, 6) is 1.88. The van der Waals surface area contributed by atoms with E-state index in [4.69, 9.17) is 9.47 Å². The van der Waals surface area contributed by atoms with Gasteiger partial charge in [0, 0.05) is 20.8 Å². The van der Waals surface area contributed by atoms with Crippen LogP contribution >= 0.6 is 34.4 Å². The fourth-order valence-electron chi connectivity index (χ4n) is 1.97. The summed E-state index contributed by atoms with van der Waals surface area (Å²) in [6.45, 7) is 0.600. The van der Waals surface area contributed by atoms with Crippen LogP contribution in [-0.2, 0) is 0 Å². The largest absolute Gasteiger partial charge is 0.493 e. The number of hydrogen-bond acceptors (Lipinski definition) is 4. The summed E-state index contributed by atoms with van der Waals surface area (Å²) >= 11 is 3.84. The molecule has 0 aromatic heterocycles. The fraction of sp³-hybridized carbons (Fsp3) is 0.235. The Morgan fingerprint density at radius 1 is 1.13 bits per heavy atom. The van der Waals surface area contributed by atoms with E-state index in [9.17, 15) is 4.79 Å². The molecule has 0 saturated carbocycles. The number of thioether (sulfide) groups is 1. The normalized spacial score (nSPS) is 10.2. The predicted molar refractivity (Wildman–Crippen MR) is 102 cm³/mol. The quantitative estimate of drug-likeness (QED) is 0.402. The molecule has 6 heteroatoms. The van der Waals surface area contributed by atoms with Gasteiger partial charge in [0.25, 0.3) is 5.91 Å². The predicted octanol–water partition coefficient (Wildman–Crippen LogP) is 3.83. The van der Waals surface area contributed by atoms with Crippen molar-refractivity contribution in [2.45, 2.75) is 4.90 Å². The van der Waals surface area contributed by atoms with E-state index < -0.39 is 0 Å². The Hall–Kier alpha value is -1.41. The highest BCUT2D eigenvalue weighted by atomic mass is 127. The Labute approximate surface area is 154 Å². The SMILES string of the molecule is COc1cc(I)c(C(=O)NCCSc2ccccc2)cc1OC. The van der Waals surface area contributed by atoms with Gasteiger partial charge in [0.2, 0.25) is 0 Å². The third-order valence-corrected chi connectivity index (χ3v) is 5.02. The fourth-order valence-corrected chi connectivity index (χ4v) is 3.45. The van der Waals surface area contributed by atoms with Gasteiger partial charge in [-0.05, 0) is 46.9 Å². The molecule has 0 saturated heterocycles. The molecule has 0 fully saturated rings. The highest BCUT2D eigenvalue weighted by molar-refractivity contribution is 14.1. The van der Waals surface area contributed by atoms with Crippen LogP contribution in [0.1, 0.15) is 10.4 Å². The number of benzene rings is 2. The summed E-state index contributed by atoms with van der Waals surface area (Å²) in [5, 5.41) is 2.94. The average Bonchev–Trinajstić information content (AvgIpc) is 2.59. The molecule has 0 bridgehead atoms. The molecule has 0 heterocycles. The molecule has 0 spiro atoms. The summed E-state index contributed by atoms with van der Waals surface area (Å²) in [4.78, 5) is 13.5. The molecule has 0 aliphatic heterocycles. The summed E-state index contributed by atoms with van der Waals surface area (Å²) in [6.07, 6.45) is 0. The molecule has 2 aromatic carbocycles. The highest BCUT2D eigenvalue weighted by Crippen LogP contribution is 2.31. The van der Waals surface area contributed by atoms with Gasteiger partial charge >= 0.3 is 0 Å². The minimum absolute atomic E-state index is 0.107. The second-order valence-corrected chi connectivity index (χ2v) is 6.93. The molecule has 2 aromatic rings. The molecular formula is C17H18INO3S. The lowest BCUT2D eigenvalue weighted by Gasteiger charge is -2.12. The number of methoxy groups -OCH3 is 2. The van der Waals surface area contributed by atoms with Crippen molar-refractivity contribution < 1.29 is 14.3 Å². The smallest absolute Gasteiger partial charge is 0.252 e. The zero-order valence-electron chi connectivity index (χ0n) is 13.0. The van der Waals surface area contributed by atoms with Gasteiger partial charge in [-0.3, -0.25) is 4.79 Å². The molecule has 0 unspecified atom stereocenters. The maximum atomic E-state index is 12.3. The number of halogens is 1. The van der Waals surface area contributed by atoms with Crippen molar-refractivity contribution in [3.63, 3.8) is 0 Å². The summed E-state index contributed by atoms with van der Waals surface area (Å²) < 4.78 is 11.3. The van der Waals surface area contributed by atoms with Crippen molar-refractivity contribution >= 4 is 40.3 Å². The van der Waals surface area contributed by atoms with Crippen molar-refractivity contribution in [1.82, 2.24) is 5.32 Å². The van der Waals surface area contributed by atoms with Crippen LogP contribution in [0.25, 0.3) is 0 Å². The minimum atomic E-state index is -0.107. The Kier molecular flexibility index (Phi) is 7.04. The van der Waals surface area contributed by atoms with Crippen LogP contribution in [0.15, 0.2) is 47.4 Å². The van der Waals surface area contributed by atoms with Gasteiger partial charge in [0.05, 0.1) is 19.8 Å². The third-order valence-electron chi connectivity index (χ3n) is 3.12. The third kappa shape index (κ3) is 5.04. The van der Waals surface area contributed by atoms with Crippen molar-refractivity contribution in [2.75, 3.05) is 26.5 Å². The Bertz CT molecular complexity index is 664. The van der Waals surface area contributed by atoms with Gasteiger partial charge in [-0.1, -0.05) is 18.2 Å². The Balaban J connectivity index is 1.93. The van der Waals surface area contributed by atoms with Gasteiger partial charge in [0.1, 0.15) is 0 Å². The van der Waals surface area contributed by atoms with E-state index in [1.165, 1.54) is 4.90 Å². The van der Waals surface area contributed by atoms with Gasteiger partial charge < -0.3 is 14.8 Å². The number of hydrogen-bond donors (Lipinski definition) is 1. The Morgan fingerprint density at radius 3 is 2.43 bits per heavy atom. The zero-order valence-corrected chi connectivity index (χ0v) is 15.9. The number of ether oxygens (including phenoxy) is 2. The monoisotopic (exact) mass is 443 g/mol. The Morgan fingerprint density at radius 2 is 1.78 bits per heavy atom. The van der Waals surface area contributed by atoms with Gasteiger partial charge in [-0.25, -0.2) is 0 Å². The molecule has 122 valence electrons. The van der Waals surface area contributed by atoms with E-state index in [0.717, 1.165) is 9.32 Å². The van der Waals surface area contributed by atoms with Crippen molar-refractivity contribution in [3.8, 4) is 11.5 Å². The van der Waals surface area contributed by atoms with Crippen LogP contribution < -0.4 is 14.8 Å². The molecule has 1 amide bonds. The molecular weight excluding hydrogens is 425 g/mol. The molecule has 4 nitrogen and oxygen atoms in total. The van der Waals surface area contributed by atoms with Gasteiger partial charge in [-0.15, -0.1) is 11.8 Å². The van der Waals surface area contributed by atoms with Gasteiger partial charge in [0.15, 0.2) is 11.5 Å². The number of nitrogens with one attached hydrogen (secondary N) is 1. The van der Waals surface area contributed by atoms with E-state index in [1.54, 1.807) is 38.1 Å². The zero-order chi connectivity index (χ0) is 16.7. The molecule has 0 aliphatic carbocycles. The molecule has 0 radical (unpaired) electrons. The number of carbonyl (C=O) groups is 1.